The average Bonchev–Trinajstić information content (AvgIpc) is 3.31. The lowest BCUT2D eigenvalue weighted by atomic mass is 10.1. The van der Waals surface area contributed by atoms with Crippen molar-refractivity contribution in [3.63, 3.8) is 0 Å². The maximum absolute atomic E-state index is 12.7. The number of hydrogen-bond donors (Lipinski definition) is 0. The van der Waals surface area contributed by atoms with Gasteiger partial charge < -0.3 is 4.42 Å². The Balaban J connectivity index is 1.53. The largest absolute Gasteiger partial charge is 0.455 e. The minimum atomic E-state index is -0.339. The Hall–Kier alpha value is -2.66. The topological polar surface area (TPSA) is 47.3 Å². The van der Waals surface area contributed by atoms with Crippen molar-refractivity contribution in [2.75, 3.05) is 0 Å². The lowest BCUT2D eigenvalue weighted by molar-refractivity contribution is 0.0990. The Morgan fingerprint density at radius 2 is 1.50 bits per heavy atom. The molecule has 5 rings (SSSR count). The molecule has 0 bridgehead atoms. The second kappa shape index (κ2) is 6.45. The molecule has 136 valence electrons. The number of rotatable bonds is 2. The third-order valence-electron chi connectivity index (χ3n) is 4.61. The molecule has 0 amide bonds. The van der Waals surface area contributed by atoms with Gasteiger partial charge in [0.05, 0.1) is 20.3 Å². The van der Waals surface area contributed by atoms with E-state index in [1.165, 1.54) is 23.5 Å². The highest BCUT2D eigenvalue weighted by atomic mass is 35.5. The molecule has 0 N–H and O–H groups in total. The number of carbonyl (C=O) groups excluding carboxylic acids is 2. The summed E-state index contributed by atoms with van der Waals surface area (Å²) in [5.41, 5.74) is 2.41. The van der Waals surface area contributed by atoms with Crippen molar-refractivity contribution >= 4 is 62.5 Å². The van der Waals surface area contributed by atoms with Crippen LogP contribution in [-0.2, 0) is 0 Å². The van der Waals surface area contributed by atoms with Crippen molar-refractivity contribution in [1.82, 2.24) is 0 Å². The number of allylic oxidation sites excluding steroid dienone is 1. The fourth-order valence-electron chi connectivity index (χ4n) is 3.26. The highest BCUT2D eigenvalue weighted by Crippen LogP contribution is 2.37. The van der Waals surface area contributed by atoms with E-state index < -0.39 is 0 Å². The van der Waals surface area contributed by atoms with Crippen LogP contribution in [0, 0.1) is 0 Å². The summed E-state index contributed by atoms with van der Waals surface area (Å²) in [6.07, 6.45) is 1.61. The average molecular weight is 425 g/mol. The molecule has 2 heterocycles. The third kappa shape index (κ3) is 2.73. The van der Waals surface area contributed by atoms with Gasteiger partial charge in [0.1, 0.15) is 11.3 Å². The number of Topliss-reactive ketones (excluding diaryl/α,β-unsaturated/α-hetero) is 2. The number of benzene rings is 2. The van der Waals surface area contributed by atoms with E-state index in [1.807, 2.05) is 42.5 Å². The first kappa shape index (κ1) is 17.4. The van der Waals surface area contributed by atoms with Crippen molar-refractivity contribution in [3.05, 3.63) is 86.2 Å². The van der Waals surface area contributed by atoms with Crippen LogP contribution in [0.1, 0.15) is 25.6 Å². The molecule has 0 saturated heterocycles. The smallest absolute Gasteiger partial charge is 0.197 e. The van der Waals surface area contributed by atoms with Crippen LogP contribution in [0.3, 0.4) is 0 Å². The van der Waals surface area contributed by atoms with Crippen LogP contribution < -0.4 is 0 Å². The van der Waals surface area contributed by atoms with E-state index in [4.69, 9.17) is 27.6 Å². The fourth-order valence-corrected chi connectivity index (χ4v) is 4.55. The molecule has 0 spiro atoms. The molecule has 6 heteroatoms. The lowest BCUT2D eigenvalue weighted by Crippen LogP contribution is -1.99. The first-order valence-electron chi connectivity index (χ1n) is 8.40. The summed E-state index contributed by atoms with van der Waals surface area (Å²) >= 11 is 13.4. The highest BCUT2D eigenvalue weighted by Gasteiger charge is 2.34. The van der Waals surface area contributed by atoms with Gasteiger partial charge in [0, 0.05) is 27.6 Å². The highest BCUT2D eigenvalue weighted by molar-refractivity contribution is 7.19. The molecule has 0 atom stereocenters. The first-order valence-corrected chi connectivity index (χ1v) is 9.97. The van der Waals surface area contributed by atoms with E-state index in [-0.39, 0.29) is 38.3 Å². The van der Waals surface area contributed by atoms with Crippen LogP contribution in [0.15, 0.2) is 64.6 Å². The van der Waals surface area contributed by atoms with Crippen molar-refractivity contribution in [1.29, 1.82) is 0 Å². The van der Waals surface area contributed by atoms with Crippen molar-refractivity contribution in [3.8, 4) is 11.3 Å². The minimum Gasteiger partial charge on any atom is -0.455 e. The normalized spacial score (nSPS) is 13.4. The second-order valence-electron chi connectivity index (χ2n) is 6.38. The molecule has 1 aliphatic rings. The van der Waals surface area contributed by atoms with Gasteiger partial charge >= 0.3 is 0 Å². The number of hydrogen-bond acceptors (Lipinski definition) is 4. The standard InChI is InChI=1S/C22H10Cl2O3S/c23-16-8-13-14(9-17(16)24)22(26)15(21(13)25)6-12-7-19-20(28-12)10-18(27-19)11-4-2-1-3-5-11/h1-10H. The Morgan fingerprint density at radius 3 is 2.11 bits per heavy atom. The zero-order valence-electron chi connectivity index (χ0n) is 14.2. The van der Waals surface area contributed by atoms with Gasteiger partial charge in [0.15, 0.2) is 11.6 Å². The molecule has 0 radical (unpaired) electrons. The third-order valence-corrected chi connectivity index (χ3v) is 6.34. The van der Waals surface area contributed by atoms with Crippen LogP contribution in [0.5, 0.6) is 0 Å². The van der Waals surface area contributed by atoms with E-state index >= 15 is 0 Å². The van der Waals surface area contributed by atoms with E-state index in [1.54, 1.807) is 6.08 Å². The van der Waals surface area contributed by atoms with E-state index in [0.717, 1.165) is 26.5 Å². The van der Waals surface area contributed by atoms with Gasteiger partial charge in [-0.15, -0.1) is 11.3 Å². The fraction of sp³-hybridized carbons (Fsp3) is 0. The Bertz CT molecular complexity index is 1240. The summed E-state index contributed by atoms with van der Waals surface area (Å²) in [7, 11) is 0. The van der Waals surface area contributed by atoms with Gasteiger partial charge in [-0.3, -0.25) is 9.59 Å². The number of fused-ring (bicyclic) bond motifs is 2. The maximum atomic E-state index is 12.7. The van der Waals surface area contributed by atoms with E-state index in [0.29, 0.717) is 0 Å². The number of ketones is 2. The molecule has 1 aliphatic carbocycles. The summed E-state index contributed by atoms with van der Waals surface area (Å²) < 4.78 is 6.87. The Kier molecular flexibility index (Phi) is 4.02. The van der Waals surface area contributed by atoms with E-state index in [9.17, 15) is 9.59 Å². The van der Waals surface area contributed by atoms with Crippen LogP contribution in [0.25, 0.3) is 27.7 Å². The quantitative estimate of drug-likeness (QED) is 0.258. The van der Waals surface area contributed by atoms with Gasteiger partial charge in [-0.25, -0.2) is 0 Å². The number of thiophene rings is 1. The summed E-state index contributed by atoms with van der Waals surface area (Å²) in [6.45, 7) is 0. The van der Waals surface area contributed by atoms with Crippen molar-refractivity contribution in [2.24, 2.45) is 0 Å². The molecule has 0 fully saturated rings. The second-order valence-corrected chi connectivity index (χ2v) is 8.31. The number of halogens is 2. The Labute approximate surface area is 173 Å². The zero-order chi connectivity index (χ0) is 19.4. The predicted octanol–water partition coefficient (Wildman–Crippen LogP) is 6.93. The van der Waals surface area contributed by atoms with Gasteiger partial charge in [0.25, 0.3) is 0 Å². The molecular formula is C22H10Cl2O3S. The molecule has 0 unspecified atom stereocenters. The lowest BCUT2D eigenvalue weighted by Gasteiger charge is -1.98. The van der Waals surface area contributed by atoms with Crippen LogP contribution >= 0.6 is 34.5 Å². The minimum absolute atomic E-state index is 0.112. The van der Waals surface area contributed by atoms with Crippen LogP contribution in [0.2, 0.25) is 10.0 Å². The Morgan fingerprint density at radius 1 is 0.857 bits per heavy atom. The SMILES string of the molecule is O=C1C(=Cc2cc3oc(-c4ccccc4)cc3s2)C(=O)c2cc(Cl)c(Cl)cc21. The maximum Gasteiger partial charge on any atom is 0.197 e. The monoisotopic (exact) mass is 424 g/mol. The van der Waals surface area contributed by atoms with Crippen molar-refractivity contribution < 1.29 is 14.0 Å². The summed E-state index contributed by atoms with van der Waals surface area (Å²) in [4.78, 5) is 26.1. The van der Waals surface area contributed by atoms with Gasteiger partial charge in [0.2, 0.25) is 0 Å². The number of carbonyl (C=O) groups is 2. The van der Waals surface area contributed by atoms with Gasteiger partial charge in [-0.2, -0.15) is 0 Å². The molecule has 4 aromatic rings. The molecule has 0 aliphatic heterocycles. The zero-order valence-corrected chi connectivity index (χ0v) is 16.5. The summed E-state index contributed by atoms with van der Waals surface area (Å²) in [5.74, 6) is 0.105. The molecular weight excluding hydrogens is 415 g/mol. The summed E-state index contributed by atoms with van der Waals surface area (Å²) in [6, 6.07) is 16.5. The summed E-state index contributed by atoms with van der Waals surface area (Å²) in [5, 5.41) is 0.509. The van der Waals surface area contributed by atoms with Crippen LogP contribution in [0.4, 0.5) is 0 Å². The van der Waals surface area contributed by atoms with Crippen molar-refractivity contribution in [2.45, 2.75) is 0 Å². The first-order chi connectivity index (χ1) is 13.5. The molecule has 2 aromatic carbocycles. The predicted molar refractivity (Wildman–Crippen MR) is 113 cm³/mol. The molecule has 28 heavy (non-hydrogen) atoms. The molecule has 2 aromatic heterocycles. The van der Waals surface area contributed by atoms with Gasteiger partial charge in [-0.1, -0.05) is 53.5 Å². The molecule has 3 nitrogen and oxygen atoms in total. The van der Waals surface area contributed by atoms with E-state index in [2.05, 4.69) is 0 Å². The number of furan rings is 1. The van der Waals surface area contributed by atoms with Gasteiger partial charge in [-0.05, 0) is 24.3 Å². The van der Waals surface area contributed by atoms with Crippen LogP contribution in [-0.4, -0.2) is 11.6 Å². The molecule has 0 saturated carbocycles.